The molecular weight excluding hydrogens is 352 g/mol. The highest BCUT2D eigenvalue weighted by molar-refractivity contribution is 5.91. The van der Waals surface area contributed by atoms with Gasteiger partial charge in [0.2, 0.25) is 0 Å². The summed E-state index contributed by atoms with van der Waals surface area (Å²) in [5.41, 5.74) is 3.65. The third-order valence-electron chi connectivity index (χ3n) is 5.18. The monoisotopic (exact) mass is 378 g/mol. The lowest BCUT2D eigenvalue weighted by atomic mass is 10.1. The van der Waals surface area contributed by atoms with E-state index in [4.69, 9.17) is 15.1 Å². The number of benzene rings is 2. The van der Waals surface area contributed by atoms with Crippen LogP contribution in [0.3, 0.4) is 0 Å². The normalized spacial score (nSPS) is 16.6. The number of anilines is 1. The smallest absolute Gasteiger partial charge is 0.165 e. The lowest BCUT2D eigenvalue weighted by Gasteiger charge is -2.16. The number of hydrogen-bond donors (Lipinski definition) is 4. The molecule has 1 atom stereocenters. The van der Waals surface area contributed by atoms with E-state index in [1.54, 1.807) is 6.07 Å². The summed E-state index contributed by atoms with van der Waals surface area (Å²) in [5.74, 6) is 1.49. The van der Waals surface area contributed by atoms with Gasteiger partial charge in [-0.1, -0.05) is 17.7 Å². The Morgan fingerprint density at radius 3 is 2.86 bits per heavy atom. The van der Waals surface area contributed by atoms with E-state index in [2.05, 4.69) is 22.8 Å². The van der Waals surface area contributed by atoms with Crippen LogP contribution in [0.25, 0.3) is 22.3 Å². The molecule has 1 aromatic heterocycles. The number of nitrogens with zero attached hydrogens (tertiary/aromatic N) is 2. The second-order valence-electron chi connectivity index (χ2n) is 7.43. The van der Waals surface area contributed by atoms with Gasteiger partial charge in [0.05, 0.1) is 11.1 Å². The second kappa shape index (κ2) is 8.12. The maximum atomic E-state index is 10.4. The molecule has 0 unspecified atom stereocenters. The molecule has 1 aliphatic heterocycles. The predicted octanol–water partition coefficient (Wildman–Crippen LogP) is 3.01. The zero-order chi connectivity index (χ0) is 19.5. The minimum Gasteiger partial charge on any atom is -0.507 e. The molecule has 1 aliphatic rings. The molecule has 4 rings (SSSR count). The summed E-state index contributed by atoms with van der Waals surface area (Å²) in [5, 5.41) is 27.4. The Morgan fingerprint density at radius 1 is 1.18 bits per heavy atom. The third-order valence-corrected chi connectivity index (χ3v) is 5.18. The number of nitrogens with one attached hydrogen (secondary N) is 2. The Bertz CT molecular complexity index is 984. The van der Waals surface area contributed by atoms with Crippen LogP contribution in [-0.4, -0.2) is 45.9 Å². The first-order valence-corrected chi connectivity index (χ1v) is 9.83. The number of aryl methyl sites for hydroxylation is 2. The van der Waals surface area contributed by atoms with Crippen molar-refractivity contribution in [1.82, 2.24) is 15.3 Å². The van der Waals surface area contributed by atoms with Crippen LogP contribution in [0.4, 0.5) is 5.82 Å². The highest BCUT2D eigenvalue weighted by Crippen LogP contribution is 2.32. The number of phenolic OH excluding ortho intramolecular Hbond substituents is 1. The van der Waals surface area contributed by atoms with E-state index >= 15 is 0 Å². The van der Waals surface area contributed by atoms with Crippen molar-refractivity contribution in [2.45, 2.75) is 32.2 Å². The van der Waals surface area contributed by atoms with Crippen LogP contribution in [0.15, 0.2) is 36.4 Å². The fourth-order valence-corrected chi connectivity index (χ4v) is 3.64. The highest BCUT2D eigenvalue weighted by atomic mass is 16.3. The number of rotatable bonds is 6. The summed E-state index contributed by atoms with van der Waals surface area (Å²) < 4.78 is 0. The van der Waals surface area contributed by atoms with E-state index in [0.29, 0.717) is 17.4 Å². The molecule has 2 heterocycles. The molecule has 1 fully saturated rings. The Kier molecular flexibility index (Phi) is 5.41. The van der Waals surface area contributed by atoms with Crippen molar-refractivity contribution in [3.8, 4) is 17.1 Å². The maximum absolute atomic E-state index is 10.4. The average Bonchev–Trinajstić information content (AvgIpc) is 3.21. The van der Waals surface area contributed by atoms with Crippen molar-refractivity contribution in [1.29, 1.82) is 0 Å². The van der Waals surface area contributed by atoms with Gasteiger partial charge in [-0.15, -0.1) is 0 Å². The quantitative estimate of drug-likeness (QED) is 0.527. The van der Waals surface area contributed by atoms with Crippen molar-refractivity contribution < 1.29 is 10.2 Å². The molecule has 1 saturated heterocycles. The van der Waals surface area contributed by atoms with Gasteiger partial charge in [0.1, 0.15) is 11.6 Å². The molecule has 3 aromatic rings. The van der Waals surface area contributed by atoms with E-state index in [9.17, 15) is 5.11 Å². The second-order valence-corrected chi connectivity index (χ2v) is 7.43. The molecule has 0 spiro atoms. The van der Waals surface area contributed by atoms with E-state index in [-0.39, 0.29) is 12.4 Å². The molecular formula is C22H26N4O2. The fourth-order valence-electron chi connectivity index (χ4n) is 3.64. The van der Waals surface area contributed by atoms with Crippen LogP contribution in [0, 0.1) is 6.92 Å². The van der Waals surface area contributed by atoms with Gasteiger partial charge in [-0.2, -0.15) is 0 Å². The van der Waals surface area contributed by atoms with Gasteiger partial charge in [0.25, 0.3) is 0 Å². The zero-order valence-electron chi connectivity index (χ0n) is 16.1. The van der Waals surface area contributed by atoms with E-state index in [1.165, 1.54) is 0 Å². The standard InChI is InChI=1S/C22H26N4O2/c1-14-4-7-20(28)18(11-14)22-25-19-12-15(3-2-10-27)5-6-17(19)21(26-22)24-16-8-9-23-13-16/h4-7,11-12,16,23,27-28H,2-3,8-10,13H2,1H3,(H,24,25,26)/t16-/m0/s1. The molecule has 2 aromatic carbocycles. The molecule has 0 amide bonds. The van der Waals surface area contributed by atoms with Gasteiger partial charge in [-0.05, 0) is 62.6 Å². The maximum Gasteiger partial charge on any atom is 0.165 e. The molecule has 6 heteroatoms. The third kappa shape index (κ3) is 3.93. The summed E-state index contributed by atoms with van der Waals surface area (Å²) in [7, 11) is 0. The number of phenols is 1. The molecule has 0 saturated carbocycles. The number of aliphatic hydroxyl groups is 1. The van der Waals surface area contributed by atoms with Crippen LogP contribution in [0.5, 0.6) is 5.75 Å². The minimum atomic E-state index is 0.172. The van der Waals surface area contributed by atoms with Crippen molar-refractivity contribution in [3.63, 3.8) is 0 Å². The van der Waals surface area contributed by atoms with E-state index in [0.717, 1.165) is 60.2 Å². The van der Waals surface area contributed by atoms with Gasteiger partial charge < -0.3 is 20.8 Å². The average molecular weight is 378 g/mol. The number of aromatic hydroxyl groups is 1. The van der Waals surface area contributed by atoms with E-state index < -0.39 is 0 Å². The lowest BCUT2D eigenvalue weighted by Crippen LogP contribution is -2.23. The molecule has 0 radical (unpaired) electrons. The largest absolute Gasteiger partial charge is 0.507 e. The number of aromatic nitrogens is 2. The highest BCUT2D eigenvalue weighted by Gasteiger charge is 2.18. The molecule has 0 aliphatic carbocycles. The SMILES string of the molecule is Cc1ccc(O)c(-c2nc(N[C@H]3CCNC3)c3ccc(CCCO)cc3n2)c1. The number of hydrogen-bond acceptors (Lipinski definition) is 6. The Balaban J connectivity index is 1.82. The summed E-state index contributed by atoms with van der Waals surface area (Å²) in [4.78, 5) is 9.54. The summed E-state index contributed by atoms with van der Waals surface area (Å²) in [6, 6.07) is 12.0. The lowest BCUT2D eigenvalue weighted by molar-refractivity contribution is 0.288. The van der Waals surface area contributed by atoms with Crippen molar-refractivity contribution in [2.75, 3.05) is 25.0 Å². The zero-order valence-corrected chi connectivity index (χ0v) is 16.1. The van der Waals surface area contributed by atoms with Crippen LogP contribution < -0.4 is 10.6 Å². The van der Waals surface area contributed by atoms with E-state index in [1.807, 2.05) is 25.1 Å². The van der Waals surface area contributed by atoms with Crippen LogP contribution >= 0.6 is 0 Å². The first kappa shape index (κ1) is 18.7. The fraction of sp³-hybridized carbons (Fsp3) is 0.364. The Morgan fingerprint density at radius 2 is 2.07 bits per heavy atom. The topological polar surface area (TPSA) is 90.3 Å². The molecule has 0 bridgehead atoms. The van der Waals surface area contributed by atoms with Gasteiger partial charge in [-0.3, -0.25) is 0 Å². The Hall–Kier alpha value is -2.70. The van der Waals surface area contributed by atoms with Crippen molar-refractivity contribution in [3.05, 3.63) is 47.5 Å². The predicted molar refractivity (Wildman–Crippen MR) is 112 cm³/mol. The van der Waals surface area contributed by atoms with Crippen molar-refractivity contribution in [2.24, 2.45) is 0 Å². The summed E-state index contributed by atoms with van der Waals surface area (Å²) in [6.07, 6.45) is 2.57. The van der Waals surface area contributed by atoms with Crippen LogP contribution in [-0.2, 0) is 6.42 Å². The summed E-state index contributed by atoms with van der Waals surface area (Å²) in [6.45, 7) is 4.06. The molecule has 146 valence electrons. The first-order chi connectivity index (χ1) is 13.6. The number of fused-ring (bicyclic) bond motifs is 1. The van der Waals surface area contributed by atoms with Gasteiger partial charge in [0.15, 0.2) is 5.82 Å². The van der Waals surface area contributed by atoms with Crippen molar-refractivity contribution >= 4 is 16.7 Å². The van der Waals surface area contributed by atoms with Crippen LogP contribution in [0.1, 0.15) is 24.0 Å². The molecule has 28 heavy (non-hydrogen) atoms. The van der Waals surface area contributed by atoms with Crippen LogP contribution in [0.2, 0.25) is 0 Å². The van der Waals surface area contributed by atoms with Gasteiger partial charge in [0, 0.05) is 24.6 Å². The molecule has 6 nitrogen and oxygen atoms in total. The molecule has 4 N–H and O–H groups in total. The summed E-state index contributed by atoms with van der Waals surface area (Å²) >= 11 is 0. The first-order valence-electron chi connectivity index (χ1n) is 9.83. The van der Waals surface area contributed by atoms with Gasteiger partial charge >= 0.3 is 0 Å². The number of aliphatic hydroxyl groups excluding tert-OH is 1. The minimum absolute atomic E-state index is 0.172. The Labute approximate surface area is 164 Å². The van der Waals surface area contributed by atoms with Gasteiger partial charge in [-0.25, -0.2) is 9.97 Å².